The zero-order valence-corrected chi connectivity index (χ0v) is 11.0. The van der Waals surface area contributed by atoms with Gasteiger partial charge in [0, 0.05) is 0 Å². The molecule has 1 unspecified atom stereocenters. The van der Waals surface area contributed by atoms with Crippen LogP contribution in [0.2, 0.25) is 0 Å². The molecule has 0 amide bonds. The van der Waals surface area contributed by atoms with Crippen molar-refractivity contribution >= 4 is 0 Å². The summed E-state index contributed by atoms with van der Waals surface area (Å²) in [5.74, 6) is 1.27. The maximum atomic E-state index is 5.73. The number of methoxy groups -OCH3 is 1. The monoisotopic (exact) mass is 221 g/mol. The van der Waals surface area contributed by atoms with Crippen molar-refractivity contribution in [1.29, 1.82) is 0 Å². The molecule has 0 aliphatic carbocycles. The minimum atomic E-state index is 0.162. The van der Waals surface area contributed by atoms with Gasteiger partial charge in [0.1, 0.15) is 5.75 Å². The van der Waals surface area contributed by atoms with E-state index in [1.54, 1.807) is 7.11 Å². The van der Waals surface area contributed by atoms with E-state index in [1.807, 2.05) is 6.07 Å². The first-order chi connectivity index (χ1) is 7.40. The smallest absolute Gasteiger partial charge is 0.122 e. The van der Waals surface area contributed by atoms with Gasteiger partial charge in [0.05, 0.1) is 7.11 Å². The van der Waals surface area contributed by atoms with Crippen LogP contribution in [0, 0.1) is 0 Å². The Morgan fingerprint density at radius 3 is 2.38 bits per heavy atom. The molecule has 0 aliphatic rings. The van der Waals surface area contributed by atoms with Gasteiger partial charge < -0.3 is 10.5 Å². The van der Waals surface area contributed by atoms with E-state index in [0.717, 1.165) is 5.75 Å². The molecule has 2 N–H and O–H groups in total. The summed E-state index contributed by atoms with van der Waals surface area (Å²) in [7, 11) is 1.71. The largest absolute Gasteiger partial charge is 0.496 e. The van der Waals surface area contributed by atoms with E-state index >= 15 is 0 Å². The predicted molar refractivity (Wildman–Crippen MR) is 69.2 cm³/mol. The molecule has 0 saturated carbocycles. The highest BCUT2D eigenvalue weighted by atomic mass is 16.5. The summed E-state index contributed by atoms with van der Waals surface area (Å²) in [5.41, 5.74) is 8.42. The average molecular weight is 221 g/mol. The van der Waals surface area contributed by atoms with Crippen molar-refractivity contribution in [3.8, 4) is 5.75 Å². The second-order valence-corrected chi connectivity index (χ2v) is 5.34. The number of ether oxygens (including phenoxy) is 1. The van der Waals surface area contributed by atoms with Crippen LogP contribution < -0.4 is 10.5 Å². The number of benzene rings is 1. The topological polar surface area (TPSA) is 35.2 Å². The summed E-state index contributed by atoms with van der Waals surface area (Å²) in [5, 5.41) is 0. The van der Waals surface area contributed by atoms with Crippen molar-refractivity contribution in [2.45, 2.75) is 39.0 Å². The molecule has 1 aromatic rings. The molecule has 0 heterocycles. The number of nitrogens with two attached hydrogens (primary N) is 1. The molecular formula is C14H23NO. The van der Waals surface area contributed by atoms with Crippen LogP contribution in [0.4, 0.5) is 0 Å². The summed E-state index contributed by atoms with van der Waals surface area (Å²) in [4.78, 5) is 0. The Kier molecular flexibility index (Phi) is 3.98. The van der Waals surface area contributed by atoms with Gasteiger partial charge in [0.15, 0.2) is 0 Å². The molecule has 1 aromatic carbocycles. The highest BCUT2D eigenvalue weighted by Crippen LogP contribution is 2.31. The third kappa shape index (κ3) is 2.76. The third-order valence-electron chi connectivity index (χ3n) is 2.98. The van der Waals surface area contributed by atoms with Crippen molar-refractivity contribution in [3.63, 3.8) is 0 Å². The highest BCUT2D eigenvalue weighted by molar-refractivity contribution is 5.41. The van der Waals surface area contributed by atoms with Gasteiger partial charge in [0.25, 0.3) is 0 Å². The van der Waals surface area contributed by atoms with Crippen LogP contribution in [0.3, 0.4) is 0 Å². The molecule has 2 nitrogen and oxygen atoms in total. The van der Waals surface area contributed by atoms with Crippen LogP contribution in [0.25, 0.3) is 0 Å². The SMILES string of the molecule is COc1ccc(C(C)(C)C)cc1C(C)CN. The summed E-state index contributed by atoms with van der Waals surface area (Å²) in [6.07, 6.45) is 0. The highest BCUT2D eigenvalue weighted by Gasteiger charge is 2.17. The Labute approximate surface area is 98.8 Å². The lowest BCUT2D eigenvalue weighted by atomic mass is 9.84. The Morgan fingerprint density at radius 1 is 1.31 bits per heavy atom. The number of hydrogen-bond donors (Lipinski definition) is 1. The average Bonchev–Trinajstić information content (AvgIpc) is 2.25. The standard InChI is InChI=1S/C14H23NO/c1-10(9-15)12-8-11(14(2,3)4)6-7-13(12)16-5/h6-8,10H,9,15H2,1-5H3. The first-order valence-corrected chi connectivity index (χ1v) is 5.78. The van der Waals surface area contributed by atoms with E-state index in [4.69, 9.17) is 10.5 Å². The Bertz CT molecular complexity index is 352. The minimum Gasteiger partial charge on any atom is -0.496 e. The molecule has 0 aliphatic heterocycles. The summed E-state index contributed by atoms with van der Waals surface area (Å²) >= 11 is 0. The van der Waals surface area contributed by atoms with Crippen molar-refractivity contribution in [3.05, 3.63) is 29.3 Å². The molecule has 0 bridgehead atoms. The molecule has 90 valence electrons. The van der Waals surface area contributed by atoms with E-state index in [-0.39, 0.29) is 5.41 Å². The van der Waals surface area contributed by atoms with Gasteiger partial charge in [-0.15, -0.1) is 0 Å². The maximum absolute atomic E-state index is 5.73. The summed E-state index contributed by atoms with van der Waals surface area (Å²) < 4.78 is 5.38. The lowest BCUT2D eigenvalue weighted by Gasteiger charge is -2.22. The van der Waals surface area contributed by atoms with E-state index in [1.165, 1.54) is 11.1 Å². The van der Waals surface area contributed by atoms with Gasteiger partial charge in [-0.3, -0.25) is 0 Å². The molecule has 0 spiro atoms. The zero-order chi connectivity index (χ0) is 12.3. The fourth-order valence-electron chi connectivity index (χ4n) is 1.71. The predicted octanol–water partition coefficient (Wildman–Crippen LogP) is 3.05. The van der Waals surface area contributed by atoms with E-state index in [9.17, 15) is 0 Å². The Hall–Kier alpha value is -1.02. The van der Waals surface area contributed by atoms with Gasteiger partial charge in [-0.1, -0.05) is 39.8 Å². The van der Waals surface area contributed by atoms with Crippen LogP contribution in [0.5, 0.6) is 5.75 Å². The Morgan fingerprint density at radius 2 is 1.94 bits per heavy atom. The van der Waals surface area contributed by atoms with Crippen LogP contribution in [-0.4, -0.2) is 13.7 Å². The fourth-order valence-corrected chi connectivity index (χ4v) is 1.71. The van der Waals surface area contributed by atoms with Gasteiger partial charge in [-0.05, 0) is 35.1 Å². The van der Waals surface area contributed by atoms with Crippen LogP contribution >= 0.6 is 0 Å². The molecule has 0 fully saturated rings. The Balaban J connectivity index is 3.21. The summed E-state index contributed by atoms with van der Waals surface area (Å²) in [6, 6.07) is 6.39. The van der Waals surface area contributed by atoms with Gasteiger partial charge >= 0.3 is 0 Å². The van der Waals surface area contributed by atoms with Crippen LogP contribution in [0.1, 0.15) is 44.7 Å². The second kappa shape index (κ2) is 4.88. The zero-order valence-electron chi connectivity index (χ0n) is 11.0. The van der Waals surface area contributed by atoms with Crippen molar-refractivity contribution in [2.24, 2.45) is 5.73 Å². The number of rotatable bonds is 3. The molecular weight excluding hydrogens is 198 g/mol. The van der Waals surface area contributed by atoms with Gasteiger partial charge in [-0.25, -0.2) is 0 Å². The molecule has 16 heavy (non-hydrogen) atoms. The normalized spacial score (nSPS) is 13.6. The van der Waals surface area contributed by atoms with E-state index < -0.39 is 0 Å². The lowest BCUT2D eigenvalue weighted by Crippen LogP contribution is -2.14. The van der Waals surface area contributed by atoms with Crippen molar-refractivity contribution in [2.75, 3.05) is 13.7 Å². The molecule has 0 radical (unpaired) electrons. The number of hydrogen-bond acceptors (Lipinski definition) is 2. The second-order valence-electron chi connectivity index (χ2n) is 5.34. The maximum Gasteiger partial charge on any atom is 0.122 e. The van der Waals surface area contributed by atoms with E-state index in [2.05, 4.69) is 39.8 Å². The molecule has 2 heteroatoms. The first-order valence-electron chi connectivity index (χ1n) is 5.78. The molecule has 0 saturated heterocycles. The van der Waals surface area contributed by atoms with Crippen LogP contribution in [0.15, 0.2) is 18.2 Å². The quantitative estimate of drug-likeness (QED) is 0.851. The molecule has 1 rings (SSSR count). The van der Waals surface area contributed by atoms with Crippen molar-refractivity contribution in [1.82, 2.24) is 0 Å². The van der Waals surface area contributed by atoms with Gasteiger partial charge in [0.2, 0.25) is 0 Å². The minimum absolute atomic E-state index is 0.162. The fraction of sp³-hybridized carbons (Fsp3) is 0.571. The third-order valence-corrected chi connectivity index (χ3v) is 2.98. The lowest BCUT2D eigenvalue weighted by molar-refractivity contribution is 0.406. The summed E-state index contributed by atoms with van der Waals surface area (Å²) in [6.45, 7) is 9.41. The van der Waals surface area contributed by atoms with Crippen molar-refractivity contribution < 1.29 is 4.74 Å². The van der Waals surface area contributed by atoms with E-state index in [0.29, 0.717) is 12.5 Å². The molecule has 1 atom stereocenters. The van der Waals surface area contributed by atoms with Gasteiger partial charge in [-0.2, -0.15) is 0 Å². The van der Waals surface area contributed by atoms with Crippen LogP contribution in [-0.2, 0) is 5.41 Å². The first kappa shape index (κ1) is 13.0. The molecule has 0 aromatic heterocycles.